The Labute approximate surface area is 275 Å². The van der Waals surface area contributed by atoms with E-state index >= 15 is 0 Å². The fourth-order valence-electron chi connectivity index (χ4n) is 5.22. The molecule has 0 aliphatic rings. The van der Waals surface area contributed by atoms with Gasteiger partial charge < -0.3 is 36.3 Å². The third kappa shape index (κ3) is 9.50. The molecular weight excluding hydrogens is 598 g/mol. The average molecular weight is 644 g/mol. The van der Waals surface area contributed by atoms with E-state index in [0.29, 0.717) is 23.6 Å². The summed E-state index contributed by atoms with van der Waals surface area (Å²) in [5.41, 5.74) is 17.2. The molecule has 0 spiro atoms. The Bertz CT molecular complexity index is 1640. The second-order valence-corrected chi connectivity index (χ2v) is 11.4. The van der Waals surface area contributed by atoms with Crippen molar-refractivity contribution in [3.05, 3.63) is 106 Å². The van der Waals surface area contributed by atoms with Crippen LogP contribution in [0.1, 0.15) is 81.5 Å². The van der Waals surface area contributed by atoms with Crippen LogP contribution in [0.15, 0.2) is 66.9 Å². The highest BCUT2D eigenvalue weighted by molar-refractivity contribution is 5.93. The number of aromatic carboxylic acids is 1. The average Bonchev–Trinajstić information content (AvgIpc) is 3.56. The Hall–Kier alpha value is -5.00. The molecule has 0 saturated heterocycles. The largest absolute Gasteiger partial charge is 0.496 e. The van der Waals surface area contributed by atoms with Crippen LogP contribution in [-0.4, -0.2) is 62.6 Å². The van der Waals surface area contributed by atoms with E-state index in [-0.39, 0.29) is 30.2 Å². The number of hydrogen-bond donors (Lipinski definition) is 5. The molecule has 0 unspecified atom stereocenters. The van der Waals surface area contributed by atoms with Crippen LogP contribution in [0.4, 0.5) is 0 Å². The number of methoxy groups -OCH3 is 1. The summed E-state index contributed by atoms with van der Waals surface area (Å²) in [7, 11) is 1.40. The molecule has 1 heterocycles. The molecule has 0 bridgehead atoms. The lowest BCUT2D eigenvalue weighted by Gasteiger charge is -2.31. The number of ether oxygens (including phenoxy) is 1. The molecule has 7 N–H and O–H groups in total. The zero-order valence-corrected chi connectivity index (χ0v) is 27.6. The molecule has 0 fully saturated rings. The molecule has 0 aliphatic heterocycles. The number of aliphatic hydroxyl groups is 1. The van der Waals surface area contributed by atoms with Gasteiger partial charge in [-0.25, -0.2) is 9.78 Å². The lowest BCUT2D eigenvalue weighted by Crippen LogP contribution is -2.46. The van der Waals surface area contributed by atoms with E-state index in [1.807, 2.05) is 51.1 Å². The van der Waals surface area contributed by atoms with E-state index in [9.17, 15) is 19.5 Å². The monoisotopic (exact) mass is 643 g/mol. The third-order valence-electron chi connectivity index (χ3n) is 7.91. The van der Waals surface area contributed by atoms with Gasteiger partial charge in [-0.05, 0) is 85.7 Å². The first-order chi connectivity index (χ1) is 22.4. The number of aromatic amines is 1. The summed E-state index contributed by atoms with van der Waals surface area (Å²) in [4.78, 5) is 47.1. The fourth-order valence-corrected chi connectivity index (χ4v) is 5.22. The van der Waals surface area contributed by atoms with Crippen LogP contribution in [0.5, 0.6) is 5.75 Å². The van der Waals surface area contributed by atoms with Gasteiger partial charge in [-0.2, -0.15) is 0 Å². The molecule has 47 heavy (non-hydrogen) atoms. The number of amides is 2. The number of imidazole rings is 1. The van der Waals surface area contributed by atoms with E-state index in [4.69, 9.17) is 21.3 Å². The smallest absolute Gasteiger partial charge is 0.339 e. The Kier molecular flexibility index (Phi) is 13.2. The number of nitrogens with one attached hydrogen (secondary N) is 1. The van der Waals surface area contributed by atoms with E-state index in [2.05, 4.69) is 16.9 Å². The van der Waals surface area contributed by atoms with Gasteiger partial charge in [0, 0.05) is 18.7 Å². The van der Waals surface area contributed by atoms with Crippen molar-refractivity contribution < 1.29 is 29.3 Å². The highest BCUT2D eigenvalue weighted by atomic mass is 16.5. The second kappa shape index (κ2) is 17.1. The molecule has 2 atom stereocenters. The van der Waals surface area contributed by atoms with Gasteiger partial charge in [0.2, 0.25) is 11.8 Å². The first-order valence-electron chi connectivity index (χ1n) is 15.5. The van der Waals surface area contributed by atoms with E-state index < -0.39 is 24.0 Å². The number of benzene rings is 3. The van der Waals surface area contributed by atoms with Gasteiger partial charge in [0.05, 0.1) is 31.1 Å². The summed E-state index contributed by atoms with van der Waals surface area (Å²) in [6, 6.07) is 16.4. The number of nitrogens with two attached hydrogens (primary N) is 2. The van der Waals surface area contributed by atoms with Gasteiger partial charge >= 0.3 is 5.97 Å². The van der Waals surface area contributed by atoms with E-state index in [0.717, 1.165) is 40.8 Å². The lowest BCUT2D eigenvalue weighted by atomic mass is 9.93. The van der Waals surface area contributed by atoms with Crippen LogP contribution in [-0.2, 0) is 17.8 Å². The maximum atomic E-state index is 14.0. The van der Waals surface area contributed by atoms with Gasteiger partial charge in [0.15, 0.2) is 0 Å². The molecule has 2 amide bonds. The molecule has 3 aromatic carbocycles. The van der Waals surface area contributed by atoms with Crippen molar-refractivity contribution in [3.63, 3.8) is 0 Å². The van der Waals surface area contributed by atoms with Crippen molar-refractivity contribution in [2.24, 2.45) is 11.5 Å². The normalized spacial score (nSPS) is 12.0. The third-order valence-corrected chi connectivity index (χ3v) is 7.91. The standard InChI is InChI=1S/C32H35N5O5.C4H10O/c1-18-12-23(29(34)38)13-19(2)24(18)15-26(33)31(39)37(17-21-10-11-28(42-4)25(14-21)32(40)41)20(3)30-35-16-27(36-30)22-8-6-5-7-9-22;1-2-3-4-5/h5-14,16,20,26H,15,17,33H2,1-4H3,(H2,34,38)(H,35,36)(H,40,41);5H,2-4H2,1H3/t20-,26-;/m0./s1. The fraction of sp³-hybridized carbons (Fsp3) is 0.333. The van der Waals surface area contributed by atoms with Crippen LogP contribution >= 0.6 is 0 Å². The van der Waals surface area contributed by atoms with E-state index in [1.165, 1.54) is 13.2 Å². The van der Waals surface area contributed by atoms with Crippen molar-refractivity contribution in [1.82, 2.24) is 14.9 Å². The van der Waals surface area contributed by atoms with E-state index in [1.54, 1.807) is 35.4 Å². The summed E-state index contributed by atoms with van der Waals surface area (Å²) in [6.45, 7) is 8.03. The lowest BCUT2D eigenvalue weighted by molar-refractivity contribution is -0.135. The minimum Gasteiger partial charge on any atom is -0.496 e. The van der Waals surface area contributed by atoms with Gasteiger partial charge in [-0.15, -0.1) is 0 Å². The maximum absolute atomic E-state index is 14.0. The number of aromatic nitrogens is 2. The molecule has 0 aliphatic carbocycles. The second-order valence-electron chi connectivity index (χ2n) is 11.4. The molecule has 0 saturated carbocycles. The Balaban J connectivity index is 0.00000111. The molecule has 11 nitrogen and oxygen atoms in total. The molecule has 0 radical (unpaired) electrons. The van der Waals surface area contributed by atoms with Crippen molar-refractivity contribution in [1.29, 1.82) is 0 Å². The summed E-state index contributed by atoms with van der Waals surface area (Å²) in [5, 5.41) is 17.8. The minimum atomic E-state index is -1.14. The summed E-state index contributed by atoms with van der Waals surface area (Å²) in [6.07, 6.45) is 3.98. The molecule has 4 aromatic rings. The number of carbonyl (C=O) groups is 3. The van der Waals surface area contributed by atoms with Crippen molar-refractivity contribution in [3.8, 4) is 17.0 Å². The van der Waals surface area contributed by atoms with Crippen molar-refractivity contribution in [2.45, 2.75) is 65.6 Å². The Morgan fingerprint density at radius 3 is 2.23 bits per heavy atom. The number of hydrogen-bond acceptors (Lipinski definition) is 7. The quantitative estimate of drug-likeness (QED) is 0.136. The predicted octanol–water partition coefficient (Wildman–Crippen LogP) is 4.94. The first-order valence-corrected chi connectivity index (χ1v) is 15.5. The summed E-state index contributed by atoms with van der Waals surface area (Å²) < 4.78 is 5.20. The van der Waals surface area contributed by atoms with Crippen LogP contribution in [0.25, 0.3) is 11.3 Å². The number of carboxylic acids is 1. The number of carboxylic acid groups (broad SMARTS) is 1. The summed E-state index contributed by atoms with van der Waals surface area (Å²) in [5.74, 6) is -1.23. The number of primary amides is 1. The Morgan fingerprint density at radius 2 is 1.70 bits per heavy atom. The van der Waals surface area contributed by atoms with Crippen LogP contribution in [0.3, 0.4) is 0 Å². The van der Waals surface area contributed by atoms with Crippen LogP contribution < -0.4 is 16.2 Å². The number of rotatable bonds is 13. The number of aliphatic hydroxyl groups excluding tert-OH is 1. The first kappa shape index (κ1) is 36.5. The zero-order chi connectivity index (χ0) is 34.7. The van der Waals surface area contributed by atoms with Gasteiger partial charge in [-0.1, -0.05) is 49.7 Å². The number of aryl methyl sites for hydroxylation is 2. The number of unbranched alkanes of at least 4 members (excludes halogenated alkanes) is 1. The SMILES string of the molecule is CCCCO.COc1ccc(CN(C(=O)[C@@H](N)Cc2c(C)cc(C(N)=O)cc2C)[C@@H](C)c2ncc(-c3ccccc3)[nH]2)cc1C(=O)O. The predicted molar refractivity (Wildman–Crippen MR) is 181 cm³/mol. The van der Waals surface area contributed by atoms with Gasteiger partial charge in [-0.3, -0.25) is 9.59 Å². The van der Waals surface area contributed by atoms with Crippen LogP contribution in [0, 0.1) is 13.8 Å². The molecular formula is C36H45N5O6. The summed E-state index contributed by atoms with van der Waals surface area (Å²) >= 11 is 0. The molecule has 4 rings (SSSR count). The number of nitrogens with zero attached hydrogens (tertiary/aromatic N) is 2. The molecule has 11 heteroatoms. The highest BCUT2D eigenvalue weighted by Gasteiger charge is 2.29. The highest BCUT2D eigenvalue weighted by Crippen LogP contribution is 2.28. The number of H-pyrrole nitrogens is 1. The molecule has 250 valence electrons. The Morgan fingerprint density at radius 1 is 1.04 bits per heavy atom. The van der Waals surface area contributed by atoms with Crippen molar-refractivity contribution >= 4 is 17.8 Å². The van der Waals surface area contributed by atoms with Gasteiger partial charge in [0.1, 0.15) is 17.1 Å². The van der Waals surface area contributed by atoms with Crippen LogP contribution in [0.2, 0.25) is 0 Å². The van der Waals surface area contributed by atoms with Gasteiger partial charge in [0.25, 0.3) is 0 Å². The van der Waals surface area contributed by atoms with Crippen molar-refractivity contribution in [2.75, 3.05) is 13.7 Å². The maximum Gasteiger partial charge on any atom is 0.339 e. The minimum absolute atomic E-state index is 0.00972. The topological polar surface area (TPSA) is 185 Å². The number of carbonyl (C=O) groups excluding carboxylic acids is 2. The molecule has 1 aromatic heterocycles. The zero-order valence-electron chi connectivity index (χ0n) is 27.6.